The number of benzene rings is 1. The number of sulfonamides is 1. The number of nitrogens with zero attached hydrogens (tertiary/aromatic N) is 3. The molecule has 136 valence electrons. The fraction of sp³-hybridized carbons (Fsp3) is 0.556. The first-order valence-electron chi connectivity index (χ1n) is 8.75. The Morgan fingerprint density at radius 1 is 1.24 bits per heavy atom. The van der Waals surface area contributed by atoms with E-state index in [4.69, 9.17) is 0 Å². The molecule has 3 rings (SSSR count). The molecule has 1 aromatic heterocycles. The van der Waals surface area contributed by atoms with E-state index in [0.29, 0.717) is 23.9 Å². The average molecular weight is 380 g/mol. The molecule has 5 nitrogen and oxygen atoms in total. The Bertz CT molecular complexity index is 813. The number of piperidine rings is 1. The van der Waals surface area contributed by atoms with Gasteiger partial charge in [-0.1, -0.05) is 31.5 Å². The minimum atomic E-state index is -3.44. The second-order valence-corrected chi connectivity index (χ2v) is 10.2. The van der Waals surface area contributed by atoms with E-state index in [1.165, 1.54) is 0 Å². The Hall–Kier alpha value is -1.31. The molecule has 2 aromatic rings. The molecule has 0 amide bonds. The molecule has 25 heavy (non-hydrogen) atoms. The van der Waals surface area contributed by atoms with Crippen LogP contribution in [0.1, 0.15) is 48.2 Å². The predicted octanol–water partition coefficient (Wildman–Crippen LogP) is 3.61. The molecular weight excluding hydrogens is 354 g/mol. The van der Waals surface area contributed by atoms with Crippen LogP contribution in [0.25, 0.3) is 0 Å². The lowest BCUT2D eigenvalue weighted by molar-refractivity contribution is 0.314. The van der Waals surface area contributed by atoms with Crippen molar-refractivity contribution in [2.75, 3.05) is 13.1 Å². The summed E-state index contributed by atoms with van der Waals surface area (Å²) in [7, 11) is -3.44. The summed E-state index contributed by atoms with van der Waals surface area (Å²) in [4.78, 5) is 0.372. The molecule has 0 spiro atoms. The Kier molecular flexibility index (Phi) is 5.55. The third-order valence-corrected chi connectivity index (χ3v) is 7.44. The van der Waals surface area contributed by atoms with E-state index in [9.17, 15) is 8.42 Å². The summed E-state index contributed by atoms with van der Waals surface area (Å²) < 4.78 is 27.4. The first kappa shape index (κ1) is 18.5. The summed E-state index contributed by atoms with van der Waals surface area (Å²) in [5.74, 6) is 0.693. The van der Waals surface area contributed by atoms with E-state index in [2.05, 4.69) is 24.0 Å². The van der Waals surface area contributed by atoms with Gasteiger partial charge in [-0.05, 0) is 37.8 Å². The Labute approximate surface area is 154 Å². The molecule has 1 saturated heterocycles. The van der Waals surface area contributed by atoms with E-state index >= 15 is 0 Å². The van der Waals surface area contributed by atoms with Gasteiger partial charge in [-0.15, -0.1) is 21.5 Å². The van der Waals surface area contributed by atoms with Crippen LogP contribution in [0.3, 0.4) is 0 Å². The van der Waals surface area contributed by atoms with Gasteiger partial charge in [-0.25, -0.2) is 8.42 Å². The Morgan fingerprint density at radius 3 is 2.64 bits per heavy atom. The fourth-order valence-electron chi connectivity index (χ4n) is 3.08. The summed E-state index contributed by atoms with van der Waals surface area (Å²) in [6.45, 7) is 7.35. The van der Waals surface area contributed by atoms with Crippen LogP contribution in [-0.4, -0.2) is 36.0 Å². The molecule has 1 aliphatic rings. The van der Waals surface area contributed by atoms with Gasteiger partial charge in [0.05, 0.1) is 4.90 Å². The van der Waals surface area contributed by atoms with E-state index in [-0.39, 0.29) is 5.92 Å². The summed E-state index contributed by atoms with van der Waals surface area (Å²) in [5.41, 5.74) is 1.06. The average Bonchev–Trinajstić information content (AvgIpc) is 3.03. The van der Waals surface area contributed by atoms with E-state index < -0.39 is 10.0 Å². The first-order chi connectivity index (χ1) is 11.9. The highest BCUT2D eigenvalue weighted by Gasteiger charge is 2.32. The maximum Gasteiger partial charge on any atom is 0.243 e. The van der Waals surface area contributed by atoms with Crippen molar-refractivity contribution in [3.8, 4) is 0 Å². The molecule has 1 aromatic carbocycles. The highest BCUT2D eigenvalue weighted by atomic mass is 32.2. The minimum Gasteiger partial charge on any atom is -0.207 e. The topological polar surface area (TPSA) is 63.2 Å². The number of rotatable bonds is 5. The van der Waals surface area contributed by atoms with Crippen LogP contribution in [0.15, 0.2) is 29.2 Å². The lowest BCUT2D eigenvalue weighted by atomic mass is 10.0. The molecule has 0 aliphatic carbocycles. The van der Waals surface area contributed by atoms with Gasteiger partial charge in [-0.2, -0.15) is 4.31 Å². The third kappa shape index (κ3) is 4.27. The van der Waals surface area contributed by atoms with Crippen molar-refractivity contribution >= 4 is 21.4 Å². The van der Waals surface area contributed by atoms with Crippen molar-refractivity contribution in [3.05, 3.63) is 39.8 Å². The third-order valence-electron chi connectivity index (χ3n) is 4.46. The number of aromatic nitrogens is 2. The minimum absolute atomic E-state index is 0.146. The largest absolute Gasteiger partial charge is 0.243 e. The molecule has 0 radical (unpaired) electrons. The van der Waals surface area contributed by atoms with E-state index in [0.717, 1.165) is 34.8 Å². The Morgan fingerprint density at radius 2 is 1.96 bits per heavy atom. The van der Waals surface area contributed by atoms with E-state index in [1.807, 2.05) is 19.1 Å². The zero-order valence-electron chi connectivity index (χ0n) is 15.0. The van der Waals surface area contributed by atoms with Crippen LogP contribution in [0.5, 0.6) is 0 Å². The SMILES string of the molecule is Cc1ccc(S(=O)(=O)N2CCCC(c3nnc(CC(C)C)s3)C2)cc1. The smallest absolute Gasteiger partial charge is 0.207 e. The van der Waals surface area contributed by atoms with Gasteiger partial charge in [0.25, 0.3) is 0 Å². The quantitative estimate of drug-likeness (QED) is 0.796. The van der Waals surface area contributed by atoms with Crippen LogP contribution in [0.2, 0.25) is 0 Å². The number of hydrogen-bond donors (Lipinski definition) is 0. The lowest BCUT2D eigenvalue weighted by Crippen LogP contribution is -2.39. The molecule has 7 heteroatoms. The maximum absolute atomic E-state index is 12.9. The first-order valence-corrected chi connectivity index (χ1v) is 11.0. The fourth-order valence-corrected chi connectivity index (χ4v) is 5.79. The normalized spacial score (nSPS) is 19.4. The zero-order chi connectivity index (χ0) is 18.0. The number of aryl methyl sites for hydroxylation is 1. The van der Waals surface area contributed by atoms with Crippen molar-refractivity contribution in [2.45, 2.75) is 50.8 Å². The van der Waals surface area contributed by atoms with Crippen molar-refractivity contribution < 1.29 is 8.42 Å². The molecule has 1 unspecified atom stereocenters. The van der Waals surface area contributed by atoms with Gasteiger partial charge in [0.2, 0.25) is 10.0 Å². The maximum atomic E-state index is 12.9. The van der Waals surface area contributed by atoms with Gasteiger partial charge < -0.3 is 0 Å². The van der Waals surface area contributed by atoms with Crippen molar-refractivity contribution in [2.24, 2.45) is 5.92 Å². The monoisotopic (exact) mass is 379 g/mol. The van der Waals surface area contributed by atoms with Crippen LogP contribution in [0.4, 0.5) is 0 Å². The molecule has 0 bridgehead atoms. The van der Waals surface area contributed by atoms with Crippen LogP contribution < -0.4 is 0 Å². The van der Waals surface area contributed by atoms with Gasteiger partial charge in [0, 0.05) is 25.4 Å². The summed E-state index contributed by atoms with van der Waals surface area (Å²) in [6.07, 6.45) is 2.75. The van der Waals surface area contributed by atoms with Crippen molar-refractivity contribution in [1.29, 1.82) is 0 Å². The molecule has 1 atom stereocenters. The van der Waals surface area contributed by atoms with Crippen molar-refractivity contribution in [3.63, 3.8) is 0 Å². The molecule has 0 N–H and O–H groups in total. The van der Waals surface area contributed by atoms with Crippen LogP contribution >= 0.6 is 11.3 Å². The molecule has 1 aliphatic heterocycles. The molecule has 2 heterocycles. The van der Waals surface area contributed by atoms with Gasteiger partial charge in [-0.3, -0.25) is 0 Å². The van der Waals surface area contributed by atoms with Gasteiger partial charge in [0.1, 0.15) is 10.0 Å². The van der Waals surface area contributed by atoms with Gasteiger partial charge in [0.15, 0.2) is 0 Å². The van der Waals surface area contributed by atoms with Crippen molar-refractivity contribution in [1.82, 2.24) is 14.5 Å². The van der Waals surface area contributed by atoms with Crippen LogP contribution in [0, 0.1) is 12.8 Å². The van der Waals surface area contributed by atoms with E-state index in [1.54, 1.807) is 27.8 Å². The summed E-state index contributed by atoms with van der Waals surface area (Å²) in [5, 5.41) is 10.6. The zero-order valence-corrected chi connectivity index (χ0v) is 16.6. The predicted molar refractivity (Wildman–Crippen MR) is 100 cm³/mol. The van der Waals surface area contributed by atoms with Crippen LogP contribution in [-0.2, 0) is 16.4 Å². The second kappa shape index (κ2) is 7.51. The molecular formula is C18H25N3O2S2. The molecule has 1 fully saturated rings. The molecule has 0 saturated carbocycles. The van der Waals surface area contributed by atoms with Gasteiger partial charge >= 0.3 is 0 Å². The highest BCUT2D eigenvalue weighted by molar-refractivity contribution is 7.89. The lowest BCUT2D eigenvalue weighted by Gasteiger charge is -2.30. The second-order valence-electron chi connectivity index (χ2n) is 7.15. The Balaban J connectivity index is 1.76. The number of hydrogen-bond acceptors (Lipinski definition) is 5. The standard InChI is InChI=1S/C18H25N3O2S2/c1-13(2)11-17-19-20-18(24-17)15-5-4-10-21(12-15)25(22,23)16-8-6-14(3)7-9-16/h6-9,13,15H,4-5,10-12H2,1-3H3. The summed E-state index contributed by atoms with van der Waals surface area (Å²) >= 11 is 1.63. The summed E-state index contributed by atoms with van der Waals surface area (Å²) in [6, 6.07) is 7.08. The highest BCUT2D eigenvalue weighted by Crippen LogP contribution is 2.32.